The van der Waals surface area contributed by atoms with Gasteiger partial charge >= 0.3 is 0 Å². The first-order chi connectivity index (χ1) is 36.6. The Morgan fingerprint density at radius 3 is 1.16 bits per heavy atom. The summed E-state index contributed by atoms with van der Waals surface area (Å²) in [6.07, 6.45) is 0. The van der Waals surface area contributed by atoms with Crippen LogP contribution in [0.2, 0.25) is 0 Å². The highest BCUT2D eigenvalue weighted by atomic mass is 15.1. The molecule has 67 heavy (non-hydrogen) atoms. The van der Waals surface area contributed by atoms with Gasteiger partial charge in [-0.15, -0.1) is 0 Å². The van der Waals surface area contributed by atoms with Gasteiger partial charge in [0.1, 0.15) is 0 Å². The van der Waals surface area contributed by atoms with E-state index in [4.69, 9.17) is 0 Å². The first kappa shape index (κ1) is 32.0. The van der Waals surface area contributed by atoms with E-state index >= 15 is 0 Å². The van der Waals surface area contributed by atoms with E-state index in [9.17, 15) is 11.0 Å². The molecule has 0 heterocycles. The van der Waals surface area contributed by atoms with Crippen LogP contribution in [0.15, 0.2) is 273 Å². The van der Waals surface area contributed by atoms with E-state index < -0.39 is 24.2 Å². The van der Waals surface area contributed by atoms with Crippen LogP contribution < -0.4 is 4.90 Å². The van der Waals surface area contributed by atoms with E-state index in [1.165, 1.54) is 4.90 Å². The molecule has 0 spiro atoms. The summed E-state index contributed by atoms with van der Waals surface area (Å²) in [7, 11) is 0. The van der Waals surface area contributed by atoms with Crippen molar-refractivity contribution >= 4 is 49.4 Å². The molecule has 0 amide bonds. The summed E-state index contributed by atoms with van der Waals surface area (Å²) in [6, 6.07) is 70.3. The number of nitrogens with zero attached hydrogens (tertiary/aromatic N) is 1. The summed E-state index contributed by atoms with van der Waals surface area (Å²) < 4.78 is 77.7. The predicted molar refractivity (Wildman–Crippen MR) is 286 cm³/mol. The normalized spacial score (nSPS) is 13.0. The molecule has 1 nitrogen and oxygen atoms in total. The molecular weight excluding hydrogens is 807 g/mol. The number of fused-ring (bicyclic) bond motifs is 3. The van der Waals surface area contributed by atoms with Gasteiger partial charge in [-0.3, -0.25) is 0 Å². The quantitative estimate of drug-likeness (QED) is 0.140. The molecule has 0 saturated carbocycles. The lowest BCUT2D eigenvalue weighted by Crippen LogP contribution is -2.09. The molecule has 0 aliphatic rings. The van der Waals surface area contributed by atoms with Crippen molar-refractivity contribution in [2.75, 3.05) is 4.90 Å². The van der Waals surface area contributed by atoms with Crippen molar-refractivity contribution in [1.82, 2.24) is 0 Å². The van der Waals surface area contributed by atoms with Gasteiger partial charge in [-0.2, -0.15) is 0 Å². The van der Waals surface area contributed by atoms with Gasteiger partial charge in [-0.1, -0.05) is 236 Å². The van der Waals surface area contributed by atoms with Gasteiger partial charge in [0.15, 0.2) is 0 Å². The highest BCUT2D eigenvalue weighted by Crippen LogP contribution is 2.42. The SMILES string of the molecule is [2H]c1c([2H])c(N(c2ccc(-c3ccc(-c4cccc5ccccc45)cc3)cc2)c2c([2H])c([2H])c(-c3ccc4ccccc4c3-c3ccccc3)c([2H])c2[2H])c([2H])c([2H])c1-c1ccc(-c2cccc3ccccc23)cc1. The third-order valence-electron chi connectivity index (χ3n) is 12.7. The third-order valence-corrected chi connectivity index (χ3v) is 12.7. The second kappa shape index (κ2) is 17.3. The summed E-state index contributed by atoms with van der Waals surface area (Å²) in [6.45, 7) is 0. The maximum Gasteiger partial charge on any atom is 0.0645 e. The Labute approximate surface area is 403 Å². The molecule has 12 rings (SSSR count). The summed E-state index contributed by atoms with van der Waals surface area (Å²) in [4.78, 5) is 1.37. The molecule has 0 saturated heterocycles. The highest BCUT2D eigenvalue weighted by Gasteiger charge is 2.17. The summed E-state index contributed by atoms with van der Waals surface area (Å²) in [5.74, 6) is 0. The summed E-state index contributed by atoms with van der Waals surface area (Å²) in [5.41, 5.74) is 8.64. The van der Waals surface area contributed by atoms with Gasteiger partial charge in [-0.25, -0.2) is 0 Å². The van der Waals surface area contributed by atoms with E-state index in [1.54, 1.807) is 12.1 Å². The topological polar surface area (TPSA) is 3.24 Å². The number of hydrogen-bond donors (Lipinski definition) is 0. The van der Waals surface area contributed by atoms with E-state index in [0.29, 0.717) is 16.8 Å². The maximum atomic E-state index is 9.83. The van der Waals surface area contributed by atoms with Crippen molar-refractivity contribution in [3.63, 3.8) is 0 Å². The molecule has 1 heteroatoms. The Morgan fingerprint density at radius 1 is 0.224 bits per heavy atom. The van der Waals surface area contributed by atoms with E-state index in [2.05, 4.69) is 72.8 Å². The predicted octanol–water partition coefficient (Wildman–Crippen LogP) is 18.6. The molecule has 0 fully saturated rings. The molecule has 12 aromatic rings. The molecule has 0 radical (unpaired) electrons. The fourth-order valence-electron chi connectivity index (χ4n) is 9.30. The van der Waals surface area contributed by atoms with Gasteiger partial charge in [0.25, 0.3) is 0 Å². The molecule has 0 unspecified atom stereocenters. The van der Waals surface area contributed by atoms with Crippen molar-refractivity contribution in [2.24, 2.45) is 0 Å². The minimum atomic E-state index is -0.406. The van der Waals surface area contributed by atoms with Crippen LogP contribution in [0.1, 0.15) is 11.0 Å². The van der Waals surface area contributed by atoms with Gasteiger partial charge in [-0.05, 0) is 135 Å². The van der Waals surface area contributed by atoms with Crippen LogP contribution in [0.25, 0.3) is 99.1 Å². The van der Waals surface area contributed by atoms with Gasteiger partial charge in [0.05, 0.1) is 11.0 Å². The van der Waals surface area contributed by atoms with Crippen LogP contribution >= 0.6 is 0 Å². The first-order valence-electron chi connectivity index (χ1n) is 26.4. The average Bonchev–Trinajstić information content (AvgIpc) is 3.47. The standard InChI is InChI=1S/C66H45N/c1-2-15-56(16-3-1)66-64-21-9-6-14-52(64)38-45-65(66)55-36-43-59(44-37-55)67(57-39-32-48(33-40-57)46-24-28-53(29-25-46)62-22-10-17-50-12-4-7-19-60(50)62)58-41-34-49(35-42-58)47-26-30-54(31-27-47)63-23-11-18-51-13-5-8-20-61(51)63/h1-45H/i32D,33D,36D,37D,39D,40D,43D,44D. The average molecular weight is 860 g/mol. The zero-order valence-corrected chi connectivity index (χ0v) is 36.3. The molecule has 0 bridgehead atoms. The monoisotopic (exact) mass is 859 g/mol. The van der Waals surface area contributed by atoms with E-state index in [-0.39, 0.29) is 46.7 Å². The molecule has 0 atom stereocenters. The Hall–Kier alpha value is -8.78. The molecule has 314 valence electrons. The Kier molecular flexibility index (Phi) is 8.26. The van der Waals surface area contributed by atoms with Crippen LogP contribution in [0.4, 0.5) is 17.1 Å². The summed E-state index contributed by atoms with van der Waals surface area (Å²) >= 11 is 0. The van der Waals surface area contributed by atoms with Crippen LogP contribution in [0.5, 0.6) is 0 Å². The van der Waals surface area contributed by atoms with Crippen LogP contribution in [-0.2, 0) is 0 Å². The highest BCUT2D eigenvalue weighted by molar-refractivity contribution is 6.04. The number of hydrogen-bond acceptors (Lipinski definition) is 1. The zero-order valence-electron chi connectivity index (χ0n) is 44.3. The minimum Gasteiger partial charge on any atom is -0.311 e. The lowest BCUT2D eigenvalue weighted by molar-refractivity contribution is 1.28. The van der Waals surface area contributed by atoms with Crippen LogP contribution in [-0.4, -0.2) is 0 Å². The Bertz CT molecular complexity index is 4130. The lowest BCUT2D eigenvalue weighted by atomic mass is 9.90. The molecule has 0 aromatic heterocycles. The number of benzene rings is 12. The second-order valence-electron chi connectivity index (χ2n) is 16.6. The van der Waals surface area contributed by atoms with Crippen LogP contribution in [0, 0.1) is 0 Å². The van der Waals surface area contributed by atoms with Crippen molar-refractivity contribution < 1.29 is 11.0 Å². The zero-order chi connectivity index (χ0) is 51.5. The smallest absolute Gasteiger partial charge is 0.0645 e. The maximum absolute atomic E-state index is 9.83. The lowest BCUT2D eigenvalue weighted by Gasteiger charge is -2.26. The van der Waals surface area contributed by atoms with Gasteiger partial charge < -0.3 is 4.90 Å². The van der Waals surface area contributed by atoms with Gasteiger partial charge in [0.2, 0.25) is 0 Å². The van der Waals surface area contributed by atoms with Crippen molar-refractivity contribution in [3.8, 4) is 66.8 Å². The van der Waals surface area contributed by atoms with Crippen molar-refractivity contribution in [2.45, 2.75) is 0 Å². The Morgan fingerprint density at radius 2 is 0.627 bits per heavy atom. The number of anilines is 3. The third kappa shape index (κ3) is 7.63. The molecule has 0 aliphatic heterocycles. The second-order valence-corrected chi connectivity index (χ2v) is 16.6. The largest absolute Gasteiger partial charge is 0.311 e. The van der Waals surface area contributed by atoms with Crippen LogP contribution in [0.3, 0.4) is 0 Å². The van der Waals surface area contributed by atoms with Gasteiger partial charge in [0, 0.05) is 17.1 Å². The molecule has 0 N–H and O–H groups in total. The molecule has 12 aromatic carbocycles. The Balaban J connectivity index is 1.01. The van der Waals surface area contributed by atoms with Crippen molar-refractivity contribution in [1.29, 1.82) is 0 Å². The summed E-state index contributed by atoms with van der Waals surface area (Å²) in [5, 5.41) is 6.34. The minimum absolute atomic E-state index is 0.0973. The fraction of sp³-hybridized carbons (Fsp3) is 0. The molecule has 0 aliphatic carbocycles. The first-order valence-corrected chi connectivity index (χ1v) is 22.4. The number of rotatable bonds is 9. The molecular formula is C66H45N. The fourth-order valence-corrected chi connectivity index (χ4v) is 9.30. The van der Waals surface area contributed by atoms with Crippen molar-refractivity contribution in [3.05, 3.63) is 273 Å². The van der Waals surface area contributed by atoms with E-state index in [0.717, 1.165) is 76.8 Å². The van der Waals surface area contributed by atoms with E-state index in [1.807, 2.05) is 140 Å².